The van der Waals surface area contributed by atoms with E-state index in [9.17, 15) is 19.3 Å². The van der Waals surface area contributed by atoms with Crippen LogP contribution in [0, 0.1) is 17.8 Å². The van der Waals surface area contributed by atoms with Gasteiger partial charge in [0.25, 0.3) is 0 Å². The molecule has 4 atom stereocenters. The molecule has 1 rings (SSSR count). The van der Waals surface area contributed by atoms with Crippen molar-refractivity contribution in [2.75, 3.05) is 13.0 Å². The van der Waals surface area contributed by atoms with Crippen LogP contribution in [-0.4, -0.2) is 41.2 Å². The first-order valence-corrected chi connectivity index (χ1v) is 10.1. The lowest BCUT2D eigenvalue weighted by atomic mass is 9.80. The number of ether oxygens (including phenoxy) is 2. The molecule has 0 heterocycles. The smallest absolute Gasteiger partial charge is 0.428 e. The molecular formula is C16H29NO7P+. The minimum absolute atomic E-state index is 0.262. The summed E-state index contributed by atoms with van der Waals surface area (Å²) in [5, 5.41) is 12.1. The number of hydrogen-bond donors (Lipinski definition) is 3. The van der Waals surface area contributed by atoms with E-state index in [0.29, 0.717) is 18.5 Å². The standard InChI is InChI=1S/C16H28NO7P/c1-11(2)15(19)23-10-24-16(20)17-14(18)7-6-12-4-3-5-13(8-12)9-25(21)22/h11-14,18H,3-10H2,1-2H3,(H-,17,20,21,22)/p+1. The van der Waals surface area contributed by atoms with Crippen molar-refractivity contribution in [1.82, 2.24) is 5.32 Å². The summed E-state index contributed by atoms with van der Waals surface area (Å²) < 4.78 is 20.3. The highest BCUT2D eigenvalue weighted by atomic mass is 31.1. The normalized spacial score (nSPS) is 22.2. The van der Waals surface area contributed by atoms with Crippen LogP contribution in [-0.2, 0) is 18.8 Å². The fourth-order valence-electron chi connectivity index (χ4n) is 3.00. The lowest BCUT2D eigenvalue weighted by molar-refractivity contribution is -0.155. The maximum Gasteiger partial charge on any atom is 0.505 e. The molecule has 0 radical (unpaired) electrons. The Balaban J connectivity index is 2.19. The Morgan fingerprint density at radius 3 is 2.56 bits per heavy atom. The quantitative estimate of drug-likeness (QED) is 0.320. The average Bonchev–Trinajstić information content (AvgIpc) is 2.52. The van der Waals surface area contributed by atoms with E-state index in [1.807, 2.05) is 0 Å². The maximum atomic E-state index is 11.5. The van der Waals surface area contributed by atoms with E-state index in [2.05, 4.69) is 10.1 Å². The summed E-state index contributed by atoms with van der Waals surface area (Å²) >= 11 is 0. The van der Waals surface area contributed by atoms with Gasteiger partial charge in [0.2, 0.25) is 6.79 Å². The highest BCUT2D eigenvalue weighted by Crippen LogP contribution is 2.35. The van der Waals surface area contributed by atoms with Gasteiger partial charge >= 0.3 is 20.1 Å². The van der Waals surface area contributed by atoms with E-state index in [1.54, 1.807) is 13.8 Å². The van der Waals surface area contributed by atoms with Crippen molar-refractivity contribution in [3.63, 3.8) is 0 Å². The summed E-state index contributed by atoms with van der Waals surface area (Å²) in [4.78, 5) is 31.7. The zero-order valence-electron chi connectivity index (χ0n) is 14.8. The van der Waals surface area contributed by atoms with Crippen LogP contribution in [0.1, 0.15) is 52.4 Å². The number of hydrogen-bond acceptors (Lipinski definition) is 6. The Morgan fingerprint density at radius 1 is 1.24 bits per heavy atom. The number of aliphatic hydroxyl groups excluding tert-OH is 1. The molecule has 1 saturated carbocycles. The topological polar surface area (TPSA) is 122 Å². The van der Waals surface area contributed by atoms with Gasteiger partial charge in [-0.3, -0.25) is 10.1 Å². The molecule has 3 N–H and O–H groups in total. The largest absolute Gasteiger partial charge is 0.505 e. The van der Waals surface area contributed by atoms with E-state index >= 15 is 0 Å². The third kappa shape index (κ3) is 9.72. The van der Waals surface area contributed by atoms with Gasteiger partial charge in [-0.1, -0.05) is 26.7 Å². The van der Waals surface area contributed by atoms with Gasteiger partial charge in [0.05, 0.1) is 5.92 Å². The van der Waals surface area contributed by atoms with E-state index in [0.717, 1.165) is 32.1 Å². The summed E-state index contributed by atoms with van der Waals surface area (Å²) in [5.74, 6) is -0.128. The van der Waals surface area contributed by atoms with E-state index in [-0.39, 0.29) is 11.8 Å². The van der Waals surface area contributed by atoms with Gasteiger partial charge in [-0.15, -0.1) is 0 Å². The fourth-order valence-corrected chi connectivity index (χ4v) is 3.78. The molecule has 1 amide bonds. The van der Waals surface area contributed by atoms with Crippen molar-refractivity contribution in [2.45, 2.75) is 58.6 Å². The number of carbonyl (C=O) groups excluding carboxylic acids is 2. The molecule has 0 spiro atoms. The second-order valence-corrected chi connectivity index (χ2v) is 7.91. The van der Waals surface area contributed by atoms with Crippen LogP contribution in [0.25, 0.3) is 0 Å². The minimum atomic E-state index is -2.10. The number of rotatable bonds is 9. The number of alkyl carbamates (subject to hydrolysis) is 1. The summed E-state index contributed by atoms with van der Waals surface area (Å²) in [7, 11) is -2.10. The van der Waals surface area contributed by atoms with Gasteiger partial charge in [0.1, 0.15) is 6.23 Å². The van der Waals surface area contributed by atoms with Gasteiger partial charge in [-0.2, -0.15) is 4.89 Å². The zero-order valence-corrected chi connectivity index (χ0v) is 15.7. The lowest BCUT2D eigenvalue weighted by Crippen LogP contribution is -2.36. The number of aliphatic hydroxyl groups is 1. The van der Waals surface area contributed by atoms with Gasteiger partial charge < -0.3 is 14.6 Å². The first kappa shape index (κ1) is 21.8. The average molecular weight is 378 g/mol. The highest BCUT2D eigenvalue weighted by molar-refractivity contribution is 7.38. The molecule has 0 aromatic rings. The van der Waals surface area contributed by atoms with Crippen LogP contribution >= 0.6 is 8.03 Å². The molecule has 25 heavy (non-hydrogen) atoms. The highest BCUT2D eigenvalue weighted by Gasteiger charge is 2.28. The van der Waals surface area contributed by atoms with E-state index < -0.39 is 33.1 Å². The van der Waals surface area contributed by atoms with Gasteiger partial charge in [-0.05, 0) is 36.2 Å². The summed E-state index contributed by atoms with van der Waals surface area (Å²) in [6.45, 7) is 2.85. The molecule has 1 fully saturated rings. The molecular weight excluding hydrogens is 349 g/mol. The molecule has 1 aliphatic rings. The van der Waals surface area contributed by atoms with E-state index in [1.165, 1.54) is 0 Å². The number of carbonyl (C=O) groups is 2. The van der Waals surface area contributed by atoms with Crippen molar-refractivity contribution < 1.29 is 33.6 Å². The first-order valence-electron chi connectivity index (χ1n) is 8.69. The Labute approximate surface area is 149 Å². The van der Waals surface area contributed by atoms with Crippen LogP contribution in [0.2, 0.25) is 0 Å². The molecule has 0 saturated heterocycles. The van der Waals surface area contributed by atoms with Gasteiger partial charge in [-0.25, -0.2) is 4.79 Å². The Hall–Kier alpha value is -1.24. The Morgan fingerprint density at radius 2 is 1.92 bits per heavy atom. The second kappa shape index (κ2) is 11.4. The minimum Gasteiger partial charge on any atom is -0.428 e. The number of esters is 1. The molecule has 9 heteroatoms. The molecule has 1 aliphatic carbocycles. The maximum absolute atomic E-state index is 11.5. The van der Waals surface area contributed by atoms with Crippen LogP contribution in [0.3, 0.4) is 0 Å². The van der Waals surface area contributed by atoms with Crippen molar-refractivity contribution in [3.05, 3.63) is 0 Å². The number of nitrogens with one attached hydrogen (secondary N) is 1. The Bertz CT molecular complexity index is 458. The van der Waals surface area contributed by atoms with Crippen LogP contribution in [0.5, 0.6) is 0 Å². The molecule has 0 aromatic heterocycles. The third-order valence-electron chi connectivity index (χ3n) is 4.30. The van der Waals surface area contributed by atoms with Crippen molar-refractivity contribution >= 4 is 20.1 Å². The van der Waals surface area contributed by atoms with Crippen molar-refractivity contribution in [3.8, 4) is 0 Å². The fraction of sp³-hybridized carbons (Fsp3) is 0.875. The lowest BCUT2D eigenvalue weighted by Gasteiger charge is -2.27. The predicted octanol–water partition coefficient (Wildman–Crippen LogP) is 2.51. The third-order valence-corrected chi connectivity index (χ3v) is 5.13. The van der Waals surface area contributed by atoms with Gasteiger partial charge in [0.15, 0.2) is 6.16 Å². The van der Waals surface area contributed by atoms with Crippen LogP contribution < -0.4 is 5.32 Å². The number of amides is 1. The molecule has 4 unspecified atom stereocenters. The monoisotopic (exact) mass is 378 g/mol. The SMILES string of the molecule is CC(C)C(=O)OCOC(=O)NC(O)CCC1CCCC(C[P+](=O)O)C1. The summed E-state index contributed by atoms with van der Waals surface area (Å²) in [6.07, 6.45) is 3.46. The van der Waals surface area contributed by atoms with Gasteiger partial charge in [0, 0.05) is 5.92 Å². The Kier molecular flexibility index (Phi) is 9.93. The summed E-state index contributed by atoms with van der Waals surface area (Å²) in [6, 6.07) is 0. The summed E-state index contributed by atoms with van der Waals surface area (Å²) in [5.41, 5.74) is 0. The molecule has 8 nitrogen and oxygen atoms in total. The van der Waals surface area contributed by atoms with Crippen molar-refractivity contribution in [1.29, 1.82) is 0 Å². The molecule has 0 aliphatic heterocycles. The predicted molar refractivity (Wildman–Crippen MR) is 90.8 cm³/mol. The van der Waals surface area contributed by atoms with Crippen molar-refractivity contribution in [2.24, 2.45) is 17.8 Å². The molecule has 0 aromatic carbocycles. The van der Waals surface area contributed by atoms with Crippen LogP contribution in [0.15, 0.2) is 0 Å². The van der Waals surface area contributed by atoms with Crippen LogP contribution in [0.4, 0.5) is 4.79 Å². The first-order chi connectivity index (χ1) is 11.8. The zero-order chi connectivity index (χ0) is 18.8. The van der Waals surface area contributed by atoms with E-state index in [4.69, 9.17) is 9.63 Å². The molecule has 144 valence electrons. The second-order valence-electron chi connectivity index (χ2n) is 6.84. The molecule has 0 bridgehead atoms.